The van der Waals surface area contributed by atoms with Gasteiger partial charge in [0.2, 0.25) is 0 Å². The second kappa shape index (κ2) is 4.94. The maximum absolute atomic E-state index is 12.1. The molecule has 104 valence electrons. The Balaban J connectivity index is 1.71. The van der Waals surface area contributed by atoms with E-state index < -0.39 is 0 Å². The maximum atomic E-state index is 12.1. The van der Waals surface area contributed by atoms with Crippen LogP contribution in [0.4, 0.5) is 0 Å². The van der Waals surface area contributed by atoms with Gasteiger partial charge in [0.25, 0.3) is 5.91 Å². The number of nitrogens with zero attached hydrogens (tertiary/aromatic N) is 1. The van der Waals surface area contributed by atoms with Crippen molar-refractivity contribution in [2.75, 3.05) is 6.54 Å². The van der Waals surface area contributed by atoms with Crippen LogP contribution in [0.5, 0.6) is 0 Å². The lowest BCUT2D eigenvalue weighted by Crippen LogP contribution is -2.32. The summed E-state index contributed by atoms with van der Waals surface area (Å²) in [6.45, 7) is 2.30. The largest absolute Gasteiger partial charge is 0.448 e. The van der Waals surface area contributed by atoms with Crippen LogP contribution < -0.4 is 5.32 Å². The van der Waals surface area contributed by atoms with Crippen molar-refractivity contribution in [2.24, 2.45) is 0 Å². The third-order valence-corrected chi connectivity index (χ3v) is 4.18. The van der Waals surface area contributed by atoms with E-state index >= 15 is 0 Å². The van der Waals surface area contributed by atoms with Gasteiger partial charge in [-0.05, 0) is 31.4 Å². The van der Waals surface area contributed by atoms with Crippen LogP contribution in [0.2, 0.25) is 5.02 Å². The molecule has 0 radical (unpaired) electrons. The molecule has 0 bridgehead atoms. The fraction of sp³-hybridized carbons (Fsp3) is 0.333. The first-order valence-corrected chi connectivity index (χ1v) is 6.93. The minimum Gasteiger partial charge on any atom is -0.448 e. The summed E-state index contributed by atoms with van der Waals surface area (Å²) < 4.78 is 5.04. The predicted molar refractivity (Wildman–Crippen MR) is 75.9 cm³/mol. The molecule has 1 aliphatic carbocycles. The van der Waals surface area contributed by atoms with Crippen molar-refractivity contribution in [3.8, 4) is 0 Å². The fourth-order valence-corrected chi connectivity index (χ4v) is 2.78. The lowest BCUT2D eigenvalue weighted by molar-refractivity contribution is 0.0944. The second-order valence-corrected chi connectivity index (χ2v) is 5.61. The lowest BCUT2D eigenvalue weighted by Gasteiger charge is -2.17. The van der Waals surface area contributed by atoms with Crippen LogP contribution in [0, 0.1) is 6.92 Å². The molecular weight excluding hydrogens is 276 g/mol. The van der Waals surface area contributed by atoms with Gasteiger partial charge in [-0.1, -0.05) is 29.8 Å². The van der Waals surface area contributed by atoms with Gasteiger partial charge in [0, 0.05) is 17.0 Å². The average Bonchev–Trinajstić information content (AvgIpc) is 3.11. The summed E-state index contributed by atoms with van der Waals surface area (Å²) in [5.41, 5.74) is 1.44. The fourth-order valence-electron chi connectivity index (χ4n) is 2.44. The second-order valence-electron chi connectivity index (χ2n) is 5.20. The van der Waals surface area contributed by atoms with Crippen LogP contribution in [0.15, 0.2) is 35.1 Å². The number of aryl methyl sites for hydroxylation is 1. The van der Waals surface area contributed by atoms with Crippen molar-refractivity contribution < 1.29 is 9.21 Å². The minimum absolute atomic E-state index is 0.0222. The Labute approximate surface area is 122 Å². The standard InChI is InChI=1S/C15H15ClN2O2/c1-10-13(18-9-20-10)14(19)17-8-15(6-7-15)11-4-2-3-5-12(11)16/h2-5,9H,6-8H2,1H3,(H,17,19). The molecule has 20 heavy (non-hydrogen) atoms. The van der Waals surface area contributed by atoms with Crippen LogP contribution in [-0.2, 0) is 5.41 Å². The number of halogens is 1. The molecule has 1 N–H and O–H groups in total. The van der Waals surface area contributed by atoms with Gasteiger partial charge in [-0.25, -0.2) is 4.98 Å². The van der Waals surface area contributed by atoms with Crippen LogP contribution in [-0.4, -0.2) is 17.4 Å². The van der Waals surface area contributed by atoms with Crippen molar-refractivity contribution >= 4 is 17.5 Å². The van der Waals surface area contributed by atoms with E-state index in [0.717, 1.165) is 23.4 Å². The highest BCUT2D eigenvalue weighted by atomic mass is 35.5. The summed E-state index contributed by atoms with van der Waals surface area (Å²) in [4.78, 5) is 16.0. The van der Waals surface area contributed by atoms with Gasteiger partial charge in [-0.15, -0.1) is 0 Å². The Morgan fingerprint density at radius 3 is 2.80 bits per heavy atom. The number of rotatable bonds is 4. The molecule has 1 saturated carbocycles. The maximum Gasteiger partial charge on any atom is 0.273 e. The van der Waals surface area contributed by atoms with E-state index in [1.807, 2.05) is 24.3 Å². The number of nitrogens with one attached hydrogen (secondary N) is 1. The van der Waals surface area contributed by atoms with Gasteiger partial charge in [0.05, 0.1) is 0 Å². The van der Waals surface area contributed by atoms with Crippen molar-refractivity contribution in [3.63, 3.8) is 0 Å². The molecule has 3 rings (SSSR count). The summed E-state index contributed by atoms with van der Waals surface area (Å²) in [6, 6.07) is 7.81. The number of carbonyl (C=O) groups is 1. The van der Waals surface area contributed by atoms with Crippen molar-refractivity contribution in [1.82, 2.24) is 10.3 Å². The van der Waals surface area contributed by atoms with Gasteiger partial charge in [0.15, 0.2) is 12.1 Å². The molecule has 1 aromatic heterocycles. The van der Waals surface area contributed by atoms with E-state index in [9.17, 15) is 4.79 Å². The third-order valence-electron chi connectivity index (χ3n) is 3.85. The first-order valence-electron chi connectivity index (χ1n) is 6.56. The Hall–Kier alpha value is -1.81. The molecule has 2 aromatic rings. The van der Waals surface area contributed by atoms with Crippen molar-refractivity contribution in [1.29, 1.82) is 0 Å². The van der Waals surface area contributed by atoms with Crippen LogP contribution in [0.25, 0.3) is 0 Å². The molecular formula is C15H15ClN2O2. The molecule has 0 spiro atoms. The Morgan fingerprint density at radius 2 is 2.20 bits per heavy atom. The Bertz CT molecular complexity index is 647. The molecule has 1 aliphatic rings. The van der Waals surface area contributed by atoms with Crippen LogP contribution in [0.1, 0.15) is 34.7 Å². The van der Waals surface area contributed by atoms with Crippen molar-refractivity contribution in [2.45, 2.75) is 25.2 Å². The number of oxazole rings is 1. The Morgan fingerprint density at radius 1 is 1.45 bits per heavy atom. The number of hydrogen-bond donors (Lipinski definition) is 1. The van der Waals surface area contributed by atoms with E-state index in [-0.39, 0.29) is 11.3 Å². The van der Waals surface area contributed by atoms with Gasteiger partial charge in [-0.2, -0.15) is 0 Å². The summed E-state index contributed by atoms with van der Waals surface area (Å²) in [5, 5.41) is 3.70. The SMILES string of the molecule is Cc1ocnc1C(=O)NCC1(c2ccccc2Cl)CC1. The molecule has 0 unspecified atom stereocenters. The third kappa shape index (κ3) is 2.31. The minimum atomic E-state index is -0.199. The number of hydrogen-bond acceptors (Lipinski definition) is 3. The molecule has 1 heterocycles. The topological polar surface area (TPSA) is 55.1 Å². The van der Waals surface area contributed by atoms with Crippen LogP contribution in [0.3, 0.4) is 0 Å². The number of amides is 1. The Kier molecular flexibility index (Phi) is 3.26. The predicted octanol–water partition coefficient (Wildman–Crippen LogP) is 3.10. The van der Waals surface area contributed by atoms with E-state index in [1.54, 1.807) is 6.92 Å². The smallest absolute Gasteiger partial charge is 0.273 e. The van der Waals surface area contributed by atoms with E-state index in [4.69, 9.17) is 16.0 Å². The van der Waals surface area contributed by atoms with Gasteiger partial charge >= 0.3 is 0 Å². The lowest BCUT2D eigenvalue weighted by atomic mass is 9.96. The zero-order valence-electron chi connectivity index (χ0n) is 11.1. The monoisotopic (exact) mass is 290 g/mol. The summed E-state index contributed by atoms with van der Waals surface area (Å²) in [7, 11) is 0. The first-order chi connectivity index (χ1) is 9.62. The molecule has 0 saturated heterocycles. The number of benzene rings is 1. The number of aromatic nitrogens is 1. The van der Waals surface area contributed by atoms with Gasteiger partial charge in [-0.3, -0.25) is 4.79 Å². The molecule has 5 heteroatoms. The zero-order valence-corrected chi connectivity index (χ0v) is 11.9. The van der Waals surface area contributed by atoms with E-state index in [1.165, 1.54) is 6.39 Å². The molecule has 0 aliphatic heterocycles. The first kappa shape index (κ1) is 13.2. The molecule has 0 atom stereocenters. The molecule has 1 amide bonds. The highest BCUT2D eigenvalue weighted by Gasteiger charge is 2.45. The summed E-state index contributed by atoms with van der Waals surface area (Å²) >= 11 is 6.25. The summed E-state index contributed by atoms with van der Waals surface area (Å²) in [6.07, 6.45) is 3.36. The molecule has 1 aromatic carbocycles. The molecule has 4 nitrogen and oxygen atoms in total. The van der Waals surface area contributed by atoms with Crippen LogP contribution >= 0.6 is 11.6 Å². The van der Waals surface area contributed by atoms with E-state index in [0.29, 0.717) is 18.0 Å². The van der Waals surface area contributed by atoms with Gasteiger partial charge in [0.1, 0.15) is 5.76 Å². The van der Waals surface area contributed by atoms with Gasteiger partial charge < -0.3 is 9.73 Å². The number of carbonyl (C=O) groups excluding carboxylic acids is 1. The summed E-state index contributed by atoms with van der Waals surface area (Å²) in [5.74, 6) is 0.333. The highest BCUT2D eigenvalue weighted by Crippen LogP contribution is 2.49. The quantitative estimate of drug-likeness (QED) is 0.941. The highest BCUT2D eigenvalue weighted by molar-refractivity contribution is 6.31. The molecule has 1 fully saturated rings. The van der Waals surface area contributed by atoms with E-state index in [2.05, 4.69) is 10.3 Å². The normalized spacial score (nSPS) is 15.9. The zero-order chi connectivity index (χ0) is 14.2. The average molecular weight is 291 g/mol. The van der Waals surface area contributed by atoms with Crippen molar-refractivity contribution in [3.05, 3.63) is 52.7 Å².